The predicted octanol–water partition coefficient (Wildman–Crippen LogP) is 1.89. The summed E-state index contributed by atoms with van der Waals surface area (Å²) in [5, 5.41) is 4.50. The number of carbonyl (C=O) groups excluding carboxylic acids is 1. The number of fused-ring (bicyclic) bond motifs is 1. The van der Waals surface area contributed by atoms with Gasteiger partial charge in [0.1, 0.15) is 5.75 Å². The third-order valence-electron chi connectivity index (χ3n) is 4.49. The quantitative estimate of drug-likeness (QED) is 0.850. The van der Waals surface area contributed by atoms with Crippen LogP contribution in [0.25, 0.3) is 0 Å². The molecule has 2 aliphatic rings. The number of hydrogen-bond donors (Lipinski definition) is 0. The Labute approximate surface area is 129 Å². The SMILES string of the molecule is Cc1cc(C)n(C2CN(C(=O)[C@@H]3Cc4ccccc4O3)C2)n1. The fourth-order valence-corrected chi connectivity index (χ4v) is 3.33. The Kier molecular flexibility index (Phi) is 2.96. The molecule has 114 valence electrons. The average Bonchev–Trinajstić information content (AvgIpc) is 3.00. The first kappa shape index (κ1) is 13.4. The molecule has 4 rings (SSSR count). The Hall–Kier alpha value is -2.30. The summed E-state index contributed by atoms with van der Waals surface area (Å²) in [6, 6.07) is 10.2. The number of ether oxygens (including phenoxy) is 1. The van der Waals surface area contributed by atoms with Gasteiger partial charge in [-0.15, -0.1) is 0 Å². The number of benzene rings is 1. The van der Waals surface area contributed by atoms with Crippen LogP contribution in [-0.2, 0) is 11.2 Å². The summed E-state index contributed by atoms with van der Waals surface area (Å²) >= 11 is 0. The van der Waals surface area contributed by atoms with E-state index in [2.05, 4.69) is 18.1 Å². The van der Waals surface area contributed by atoms with Crippen LogP contribution in [0.4, 0.5) is 0 Å². The van der Waals surface area contributed by atoms with Gasteiger partial charge in [0, 0.05) is 25.2 Å². The smallest absolute Gasteiger partial charge is 0.264 e. The van der Waals surface area contributed by atoms with Gasteiger partial charge in [-0.25, -0.2) is 0 Å². The molecule has 0 bridgehead atoms. The molecule has 1 atom stereocenters. The van der Waals surface area contributed by atoms with Crippen molar-refractivity contribution in [1.29, 1.82) is 0 Å². The van der Waals surface area contributed by atoms with Crippen LogP contribution < -0.4 is 4.74 Å². The standard InChI is InChI=1S/C17H19N3O2/c1-11-7-12(2)20(18-11)14-9-19(10-14)17(21)16-8-13-5-3-4-6-15(13)22-16/h3-7,14,16H,8-10H2,1-2H3/t16-/m0/s1. The van der Waals surface area contributed by atoms with Crippen molar-refractivity contribution in [2.45, 2.75) is 32.4 Å². The highest BCUT2D eigenvalue weighted by atomic mass is 16.5. The lowest BCUT2D eigenvalue weighted by atomic mass is 10.1. The Morgan fingerprint density at radius 2 is 2.05 bits per heavy atom. The van der Waals surface area contributed by atoms with Crippen LogP contribution in [0.3, 0.4) is 0 Å². The number of amides is 1. The predicted molar refractivity (Wildman–Crippen MR) is 81.9 cm³/mol. The summed E-state index contributed by atoms with van der Waals surface area (Å²) in [4.78, 5) is 14.4. The van der Waals surface area contributed by atoms with E-state index >= 15 is 0 Å². The number of nitrogens with zero attached hydrogens (tertiary/aromatic N) is 3. The molecule has 2 aromatic rings. The first-order valence-electron chi connectivity index (χ1n) is 7.68. The molecular weight excluding hydrogens is 278 g/mol. The molecule has 5 heteroatoms. The maximum absolute atomic E-state index is 12.5. The van der Waals surface area contributed by atoms with Gasteiger partial charge in [-0.3, -0.25) is 9.48 Å². The third-order valence-corrected chi connectivity index (χ3v) is 4.49. The van der Waals surface area contributed by atoms with Crippen molar-refractivity contribution >= 4 is 5.91 Å². The van der Waals surface area contributed by atoms with Crippen molar-refractivity contribution < 1.29 is 9.53 Å². The van der Waals surface area contributed by atoms with Crippen LogP contribution in [0.15, 0.2) is 30.3 Å². The van der Waals surface area contributed by atoms with E-state index in [0.717, 1.165) is 35.8 Å². The van der Waals surface area contributed by atoms with Crippen LogP contribution in [0.5, 0.6) is 5.75 Å². The maximum atomic E-state index is 12.5. The number of hydrogen-bond acceptors (Lipinski definition) is 3. The van der Waals surface area contributed by atoms with Crippen molar-refractivity contribution in [2.24, 2.45) is 0 Å². The molecule has 1 saturated heterocycles. The highest BCUT2D eigenvalue weighted by molar-refractivity contribution is 5.83. The van der Waals surface area contributed by atoms with E-state index in [-0.39, 0.29) is 12.0 Å². The molecule has 0 saturated carbocycles. The molecule has 1 aromatic carbocycles. The molecule has 1 fully saturated rings. The van der Waals surface area contributed by atoms with Crippen molar-refractivity contribution in [1.82, 2.24) is 14.7 Å². The second-order valence-electron chi connectivity index (χ2n) is 6.19. The maximum Gasteiger partial charge on any atom is 0.264 e. The lowest BCUT2D eigenvalue weighted by molar-refractivity contribution is -0.144. The highest BCUT2D eigenvalue weighted by Gasteiger charge is 2.39. The third kappa shape index (κ3) is 2.08. The largest absolute Gasteiger partial charge is 0.480 e. The average molecular weight is 297 g/mol. The Bertz CT molecular complexity index is 706. The Balaban J connectivity index is 1.40. The zero-order valence-electron chi connectivity index (χ0n) is 12.8. The van der Waals surface area contributed by atoms with Gasteiger partial charge in [-0.2, -0.15) is 5.10 Å². The van der Waals surface area contributed by atoms with Gasteiger partial charge in [-0.05, 0) is 31.5 Å². The minimum Gasteiger partial charge on any atom is -0.480 e. The molecule has 5 nitrogen and oxygen atoms in total. The summed E-state index contributed by atoms with van der Waals surface area (Å²) in [6.07, 6.45) is 0.314. The van der Waals surface area contributed by atoms with E-state index in [1.807, 2.05) is 40.8 Å². The molecule has 0 aliphatic carbocycles. The first-order valence-corrected chi connectivity index (χ1v) is 7.68. The van der Waals surface area contributed by atoms with Crippen LogP contribution in [0.1, 0.15) is 23.0 Å². The fourth-order valence-electron chi connectivity index (χ4n) is 3.33. The van der Waals surface area contributed by atoms with Crippen LogP contribution in [-0.4, -0.2) is 39.8 Å². The Morgan fingerprint density at radius 1 is 1.27 bits per heavy atom. The molecular formula is C17H19N3O2. The molecule has 2 aliphatic heterocycles. The molecule has 1 amide bonds. The van der Waals surface area contributed by atoms with Gasteiger partial charge in [0.2, 0.25) is 0 Å². The molecule has 3 heterocycles. The first-order chi connectivity index (χ1) is 10.6. The summed E-state index contributed by atoms with van der Waals surface area (Å²) in [5.74, 6) is 0.936. The zero-order chi connectivity index (χ0) is 15.3. The molecule has 0 radical (unpaired) electrons. The van der Waals surface area contributed by atoms with Crippen LogP contribution in [0.2, 0.25) is 0 Å². The molecule has 0 spiro atoms. The van der Waals surface area contributed by atoms with Crippen molar-refractivity contribution in [2.75, 3.05) is 13.1 Å². The van der Waals surface area contributed by atoms with Gasteiger partial charge in [0.15, 0.2) is 6.10 Å². The summed E-state index contributed by atoms with van der Waals surface area (Å²) in [7, 11) is 0. The van der Waals surface area contributed by atoms with E-state index in [1.54, 1.807) is 0 Å². The highest BCUT2D eigenvalue weighted by Crippen LogP contribution is 2.31. The topological polar surface area (TPSA) is 47.4 Å². The van der Waals surface area contributed by atoms with E-state index in [0.29, 0.717) is 12.5 Å². The van der Waals surface area contributed by atoms with E-state index < -0.39 is 0 Å². The minimum absolute atomic E-state index is 0.0916. The number of likely N-dealkylation sites (tertiary alicyclic amines) is 1. The molecule has 0 unspecified atom stereocenters. The second-order valence-corrected chi connectivity index (χ2v) is 6.19. The van der Waals surface area contributed by atoms with E-state index in [9.17, 15) is 4.79 Å². The zero-order valence-corrected chi connectivity index (χ0v) is 12.8. The number of aryl methyl sites for hydroxylation is 2. The normalized spacial score (nSPS) is 20.5. The van der Waals surface area contributed by atoms with Crippen LogP contribution in [0, 0.1) is 13.8 Å². The van der Waals surface area contributed by atoms with Crippen molar-refractivity contribution in [3.05, 3.63) is 47.3 Å². The van der Waals surface area contributed by atoms with Gasteiger partial charge in [-0.1, -0.05) is 18.2 Å². The number of aromatic nitrogens is 2. The molecule has 1 aromatic heterocycles. The lowest BCUT2D eigenvalue weighted by Gasteiger charge is -2.40. The number of carbonyl (C=O) groups is 1. The van der Waals surface area contributed by atoms with Crippen molar-refractivity contribution in [3.8, 4) is 5.75 Å². The second kappa shape index (κ2) is 4.87. The van der Waals surface area contributed by atoms with Crippen molar-refractivity contribution in [3.63, 3.8) is 0 Å². The molecule has 0 N–H and O–H groups in total. The Morgan fingerprint density at radius 3 is 2.73 bits per heavy atom. The van der Waals surface area contributed by atoms with Gasteiger partial charge in [0.25, 0.3) is 5.91 Å². The van der Waals surface area contributed by atoms with Gasteiger partial charge >= 0.3 is 0 Å². The fraction of sp³-hybridized carbons (Fsp3) is 0.412. The van der Waals surface area contributed by atoms with Gasteiger partial charge in [0.05, 0.1) is 11.7 Å². The van der Waals surface area contributed by atoms with E-state index in [4.69, 9.17) is 4.74 Å². The number of para-hydroxylation sites is 1. The van der Waals surface area contributed by atoms with E-state index in [1.165, 1.54) is 0 Å². The summed E-state index contributed by atoms with van der Waals surface area (Å²) in [5.41, 5.74) is 3.30. The summed E-state index contributed by atoms with van der Waals surface area (Å²) in [6.45, 7) is 5.49. The lowest BCUT2D eigenvalue weighted by Crippen LogP contribution is -2.55. The monoisotopic (exact) mass is 297 g/mol. The summed E-state index contributed by atoms with van der Waals surface area (Å²) < 4.78 is 7.81. The molecule has 22 heavy (non-hydrogen) atoms. The van der Waals surface area contributed by atoms with Crippen LogP contribution >= 0.6 is 0 Å². The van der Waals surface area contributed by atoms with Gasteiger partial charge < -0.3 is 9.64 Å². The minimum atomic E-state index is -0.362. The number of rotatable bonds is 2.